The normalized spacial score (nSPS) is 24.0. The van der Waals surface area contributed by atoms with Crippen molar-refractivity contribution in [3.05, 3.63) is 0 Å². The smallest absolute Gasteiger partial charge is 0.303 e. The van der Waals surface area contributed by atoms with Gasteiger partial charge in [-0.05, 0) is 70.6 Å². The molecule has 652 valence electrons. The van der Waals surface area contributed by atoms with Crippen LogP contribution in [0, 0.1) is 0 Å². The molecule has 0 spiro atoms. The third-order valence-corrected chi connectivity index (χ3v) is 18.3. The quantitative estimate of drug-likeness (QED) is 0.0159. The minimum Gasteiger partial charge on any atom is -0.481 e. The number of hydrogen-bond acceptors (Lipinski definition) is 32. The van der Waals surface area contributed by atoms with Crippen molar-refractivity contribution in [3.8, 4) is 0 Å². The summed E-state index contributed by atoms with van der Waals surface area (Å²) in [4.78, 5) is 135. The molecule has 3 heterocycles. The largest absolute Gasteiger partial charge is 0.481 e. The Balaban J connectivity index is 1.53. The maximum atomic E-state index is 13.9. The second-order valence-corrected chi connectivity index (χ2v) is 28.3. The van der Waals surface area contributed by atoms with Gasteiger partial charge in [0, 0.05) is 131 Å². The third kappa shape index (κ3) is 44.9. The number of nitrogens with one attached hydrogen (secondary N) is 7. The summed E-state index contributed by atoms with van der Waals surface area (Å²) < 4.78 is 66.9. The molecule has 3 aliphatic rings. The molecule has 20 N–H and O–H groups in total. The molecule has 15 atom stereocenters. The van der Waals surface area contributed by atoms with Gasteiger partial charge in [-0.2, -0.15) is 0 Å². The number of carbonyl (C=O) groups is 11. The van der Waals surface area contributed by atoms with Gasteiger partial charge < -0.3 is 147 Å². The van der Waals surface area contributed by atoms with Crippen LogP contribution in [0.1, 0.15) is 181 Å². The van der Waals surface area contributed by atoms with E-state index in [1.165, 1.54) is 20.8 Å². The number of nitrogens with two attached hydrogens (primary N) is 3. The van der Waals surface area contributed by atoms with Gasteiger partial charge in [-0.15, -0.1) is 0 Å². The van der Waals surface area contributed by atoms with Crippen molar-refractivity contribution < 1.29 is 145 Å². The zero-order valence-electron chi connectivity index (χ0n) is 65.8. The molecule has 0 radical (unpaired) electrons. The average Bonchev–Trinajstić information content (AvgIpc) is 0.800. The first kappa shape index (κ1) is 101. The topological polar surface area (TPSA) is 602 Å². The van der Waals surface area contributed by atoms with E-state index in [1.54, 1.807) is 0 Å². The summed E-state index contributed by atoms with van der Waals surface area (Å²) in [7, 11) is 0. The molecular formula is C73H130N10O30. The second-order valence-electron chi connectivity index (χ2n) is 28.3. The summed E-state index contributed by atoms with van der Waals surface area (Å²) in [6.07, 6.45) is -4.34. The molecule has 113 heavy (non-hydrogen) atoms. The number of carboxylic acid groups (broad SMARTS) is 1. The van der Waals surface area contributed by atoms with Crippen LogP contribution in [0.2, 0.25) is 0 Å². The summed E-state index contributed by atoms with van der Waals surface area (Å²) in [5, 5.41) is 90.7. The SMILES string of the molecule is CC(=O)OCC1OC(OCCCCC(=O)NCCCNC(=O)CCOCC(COCCC(=O)NCCCNC(=O)CCCCOC2OC(COC(C)=O)C(O)C(O)C2N)(COCCC(=O)NCCCNC(=O)CCCCOC2OC(COC(C)=O)C(O)C(O)C2N)NC(=O)CCCCCCCCCCC(=O)O)C(N)C(O)C1O. The zero-order chi connectivity index (χ0) is 83.4. The Bertz CT molecular complexity index is 2530. The van der Waals surface area contributed by atoms with Crippen LogP contribution in [0.5, 0.6) is 0 Å². The number of amides is 7. The zero-order valence-corrected chi connectivity index (χ0v) is 65.8. The fourth-order valence-corrected chi connectivity index (χ4v) is 11.8. The minimum absolute atomic E-state index is 0.103. The fourth-order valence-electron chi connectivity index (χ4n) is 11.8. The number of esters is 3. The van der Waals surface area contributed by atoms with Crippen molar-refractivity contribution in [2.75, 3.05) is 119 Å². The van der Waals surface area contributed by atoms with Gasteiger partial charge >= 0.3 is 23.9 Å². The molecular weight excluding hydrogens is 1500 g/mol. The molecule has 3 saturated heterocycles. The predicted molar refractivity (Wildman–Crippen MR) is 398 cm³/mol. The summed E-state index contributed by atoms with van der Waals surface area (Å²) in [5.74, 6) is -4.79. The van der Waals surface area contributed by atoms with Crippen LogP contribution in [-0.4, -0.2) is 317 Å². The lowest BCUT2D eigenvalue weighted by Gasteiger charge is -2.40. The van der Waals surface area contributed by atoms with Gasteiger partial charge in [0.05, 0.1) is 57.8 Å². The predicted octanol–water partition coefficient (Wildman–Crippen LogP) is -3.51. The number of aliphatic hydroxyl groups excluding tert-OH is 6. The molecule has 0 aliphatic carbocycles. The van der Waals surface area contributed by atoms with Gasteiger partial charge in [0.2, 0.25) is 41.4 Å². The lowest BCUT2D eigenvalue weighted by molar-refractivity contribution is -0.267. The van der Waals surface area contributed by atoms with Crippen LogP contribution in [-0.2, 0) is 110 Å². The Morgan fingerprint density at radius 2 is 0.566 bits per heavy atom. The van der Waals surface area contributed by atoms with Gasteiger partial charge in [-0.25, -0.2) is 0 Å². The van der Waals surface area contributed by atoms with Gasteiger partial charge in [-0.3, -0.25) is 52.7 Å². The molecule has 3 aliphatic heterocycles. The van der Waals surface area contributed by atoms with Crippen LogP contribution >= 0.6 is 0 Å². The molecule has 0 bridgehead atoms. The molecule has 3 rings (SSSR count). The first-order valence-electron chi connectivity index (χ1n) is 39.5. The van der Waals surface area contributed by atoms with E-state index in [-0.39, 0.29) is 211 Å². The lowest BCUT2D eigenvalue weighted by Crippen LogP contribution is -2.62. The molecule has 7 amide bonds. The monoisotopic (exact) mass is 1630 g/mol. The van der Waals surface area contributed by atoms with Gasteiger partial charge in [-0.1, -0.05) is 38.5 Å². The van der Waals surface area contributed by atoms with E-state index in [0.717, 1.165) is 38.5 Å². The Labute approximate surface area is 660 Å². The highest BCUT2D eigenvalue weighted by molar-refractivity contribution is 5.79. The number of hydrogen-bond donors (Lipinski definition) is 17. The number of unbranched alkanes of at least 4 members (excludes halogenated alkanes) is 10. The standard InChI is InChI=1S/C73H130N10O30/c1-47(84)108-41-50-64(96)67(99)61(74)70(111-50)105-35-15-12-21-53(87)77-29-18-32-80-56(90)26-38-102-44-73(83-59(93)24-10-8-6-4-5-7-9-11-25-60(94)95,45-103-39-27-57(91)81-33-19-30-78-54(88)22-13-16-36-106-71-62(75)68(100)65(97)51(112-71)42-109-48(2)85)46-104-40-28-58(92)82-34-20-31-79-55(89)23-14-17-37-107-72-63(76)69(101)66(98)52(113-72)43-110-49(3)86/h50-52,61-72,96-101H,4-46,74-76H2,1-3H3,(H,77,87)(H,78,88)(H,79,89)(H,80,90)(H,81,91)(H,82,92)(H,83,93)(H,94,95). The molecule has 0 aromatic rings. The number of aliphatic carboxylic acids is 1. The number of ether oxygens (including phenoxy) is 12. The molecule has 0 aromatic heterocycles. The number of carbonyl (C=O) groups excluding carboxylic acids is 10. The van der Waals surface area contributed by atoms with Crippen LogP contribution in [0.15, 0.2) is 0 Å². The van der Waals surface area contributed by atoms with Crippen molar-refractivity contribution in [2.45, 2.75) is 279 Å². The summed E-state index contributed by atoms with van der Waals surface area (Å²) in [6.45, 7) is 3.37. The summed E-state index contributed by atoms with van der Waals surface area (Å²) in [6, 6.07) is -3.22. The Morgan fingerprint density at radius 3 is 0.841 bits per heavy atom. The van der Waals surface area contributed by atoms with Crippen LogP contribution < -0.4 is 54.4 Å². The van der Waals surface area contributed by atoms with E-state index in [2.05, 4.69) is 37.2 Å². The minimum atomic E-state index is -1.41. The fraction of sp³-hybridized carbons (Fsp3) is 0.849. The van der Waals surface area contributed by atoms with E-state index in [9.17, 15) is 83.4 Å². The van der Waals surface area contributed by atoms with E-state index in [4.69, 9.17) is 79.1 Å². The third-order valence-electron chi connectivity index (χ3n) is 18.3. The summed E-state index contributed by atoms with van der Waals surface area (Å²) >= 11 is 0. The molecule has 0 aromatic carbocycles. The van der Waals surface area contributed by atoms with Crippen molar-refractivity contribution in [3.63, 3.8) is 0 Å². The average molecular weight is 1630 g/mol. The van der Waals surface area contributed by atoms with E-state index in [0.29, 0.717) is 70.6 Å². The Morgan fingerprint density at radius 1 is 0.319 bits per heavy atom. The number of aliphatic hydroxyl groups is 6. The first-order valence-corrected chi connectivity index (χ1v) is 39.5. The van der Waals surface area contributed by atoms with E-state index >= 15 is 0 Å². The molecule has 40 heteroatoms. The second kappa shape index (κ2) is 59.2. The van der Waals surface area contributed by atoms with E-state index < -0.39 is 121 Å². The van der Waals surface area contributed by atoms with Crippen LogP contribution in [0.3, 0.4) is 0 Å². The van der Waals surface area contributed by atoms with Crippen molar-refractivity contribution in [2.24, 2.45) is 17.2 Å². The lowest BCUT2D eigenvalue weighted by atomic mass is 9.98. The van der Waals surface area contributed by atoms with Crippen LogP contribution in [0.25, 0.3) is 0 Å². The summed E-state index contributed by atoms with van der Waals surface area (Å²) in [5.41, 5.74) is 16.6. The van der Waals surface area contributed by atoms with Crippen LogP contribution in [0.4, 0.5) is 0 Å². The molecule has 40 nitrogen and oxygen atoms in total. The maximum Gasteiger partial charge on any atom is 0.303 e. The Kier molecular flexibility index (Phi) is 52.7. The van der Waals surface area contributed by atoms with Crippen molar-refractivity contribution in [1.29, 1.82) is 0 Å². The highest BCUT2D eigenvalue weighted by Gasteiger charge is 2.46. The maximum absolute atomic E-state index is 13.9. The first-order chi connectivity index (χ1) is 54.0. The molecule has 3 fully saturated rings. The van der Waals surface area contributed by atoms with Gasteiger partial charge in [0.25, 0.3) is 0 Å². The molecule has 15 unspecified atom stereocenters. The van der Waals surface area contributed by atoms with Crippen molar-refractivity contribution in [1.82, 2.24) is 37.2 Å². The highest BCUT2D eigenvalue weighted by atomic mass is 16.7. The number of carboxylic acids is 1. The van der Waals surface area contributed by atoms with Gasteiger partial charge in [0.1, 0.15) is 80.3 Å². The van der Waals surface area contributed by atoms with E-state index in [1.807, 2.05) is 0 Å². The molecule has 0 saturated carbocycles. The number of rotatable bonds is 63. The van der Waals surface area contributed by atoms with Gasteiger partial charge in [0.15, 0.2) is 18.9 Å². The highest BCUT2D eigenvalue weighted by Crippen LogP contribution is 2.25. The Hall–Kier alpha value is -6.55. The van der Waals surface area contributed by atoms with Crippen molar-refractivity contribution >= 4 is 65.2 Å².